The summed E-state index contributed by atoms with van der Waals surface area (Å²) in [6, 6.07) is 1.01. The maximum atomic E-state index is 11.5. The number of amides is 1. The van der Waals surface area contributed by atoms with E-state index in [1.807, 2.05) is 4.98 Å². The van der Waals surface area contributed by atoms with Crippen molar-refractivity contribution in [2.24, 2.45) is 0 Å². The van der Waals surface area contributed by atoms with Crippen molar-refractivity contribution in [2.75, 3.05) is 13.6 Å². The fraction of sp³-hybridized carbons (Fsp3) is 0.222. The van der Waals surface area contributed by atoms with Crippen LogP contribution in [0.25, 0.3) is 0 Å². The Labute approximate surface area is 84.9 Å². The third-order valence-electron chi connectivity index (χ3n) is 1.67. The first kappa shape index (κ1) is 10.8. The lowest BCUT2D eigenvalue weighted by molar-refractivity contribution is 0.0806. The van der Waals surface area contributed by atoms with Gasteiger partial charge in [-0.2, -0.15) is 0 Å². The van der Waals surface area contributed by atoms with Gasteiger partial charge in [0.2, 0.25) is 0 Å². The number of carbonyl (C=O) groups is 1. The molecule has 0 atom stereocenters. The largest absolute Gasteiger partial charge is 0.329 e. The third kappa shape index (κ3) is 2.57. The highest BCUT2D eigenvalue weighted by Gasteiger charge is 2.12. The fourth-order valence-electron chi connectivity index (χ4n) is 0.998. The zero-order valence-electron chi connectivity index (χ0n) is 8.03. The van der Waals surface area contributed by atoms with Crippen molar-refractivity contribution in [3.63, 3.8) is 0 Å². The van der Waals surface area contributed by atoms with Crippen molar-refractivity contribution in [3.05, 3.63) is 32.6 Å². The lowest BCUT2D eigenvalue weighted by Gasteiger charge is -2.12. The molecule has 0 bridgehead atoms. The summed E-state index contributed by atoms with van der Waals surface area (Å²) >= 11 is 0. The number of nitrogens with one attached hydrogen (secondary N) is 2. The van der Waals surface area contributed by atoms with Crippen LogP contribution in [0.3, 0.4) is 0 Å². The molecule has 1 aromatic rings. The Kier molecular flexibility index (Phi) is 3.08. The molecule has 0 fully saturated rings. The molecule has 0 aliphatic heterocycles. The molecular weight excluding hydrogens is 198 g/mol. The van der Waals surface area contributed by atoms with Crippen LogP contribution in [0.5, 0.6) is 0 Å². The quantitative estimate of drug-likeness (QED) is 0.595. The summed E-state index contributed by atoms with van der Waals surface area (Å²) in [5.41, 5.74) is -1.43. The second kappa shape index (κ2) is 4.28. The molecule has 15 heavy (non-hydrogen) atoms. The van der Waals surface area contributed by atoms with Crippen molar-refractivity contribution < 1.29 is 4.79 Å². The Morgan fingerprint density at radius 1 is 1.53 bits per heavy atom. The number of hydrogen-bond donors (Lipinski definition) is 2. The normalized spacial score (nSPS) is 9.33. The van der Waals surface area contributed by atoms with Crippen LogP contribution in [0.4, 0.5) is 0 Å². The van der Waals surface area contributed by atoms with Crippen LogP contribution in [-0.2, 0) is 0 Å². The van der Waals surface area contributed by atoms with E-state index in [1.54, 1.807) is 0 Å². The number of H-pyrrole nitrogens is 2. The molecule has 78 valence electrons. The second-order valence-electron chi connectivity index (χ2n) is 2.87. The Balaban J connectivity index is 3.07. The van der Waals surface area contributed by atoms with Gasteiger partial charge in [0.05, 0.1) is 6.54 Å². The molecule has 0 spiro atoms. The van der Waals surface area contributed by atoms with Gasteiger partial charge in [-0.1, -0.05) is 5.92 Å². The number of nitrogens with zero attached hydrogens (tertiary/aromatic N) is 1. The molecule has 1 heterocycles. The summed E-state index contributed by atoms with van der Waals surface area (Å²) in [5.74, 6) is 1.77. The Hall–Kier alpha value is -2.29. The molecular formula is C9H9N3O3. The summed E-state index contributed by atoms with van der Waals surface area (Å²) in [7, 11) is 1.47. The molecule has 0 saturated heterocycles. The minimum absolute atomic E-state index is 0.0819. The molecule has 1 rings (SSSR count). The summed E-state index contributed by atoms with van der Waals surface area (Å²) < 4.78 is 0. The summed E-state index contributed by atoms with van der Waals surface area (Å²) in [6.07, 6.45) is 5.02. The molecule has 0 aliphatic rings. The van der Waals surface area contributed by atoms with Gasteiger partial charge < -0.3 is 9.88 Å². The number of aromatic amines is 2. The first-order valence-corrected chi connectivity index (χ1v) is 4.07. The van der Waals surface area contributed by atoms with Crippen LogP contribution in [0, 0.1) is 12.3 Å². The van der Waals surface area contributed by atoms with Crippen LogP contribution in [-0.4, -0.2) is 34.4 Å². The van der Waals surface area contributed by atoms with Crippen LogP contribution in [0.1, 0.15) is 10.5 Å². The van der Waals surface area contributed by atoms with Gasteiger partial charge in [-0.05, 0) is 0 Å². The predicted octanol–water partition coefficient (Wildman–Crippen LogP) is -1.23. The van der Waals surface area contributed by atoms with Gasteiger partial charge in [0, 0.05) is 13.1 Å². The highest BCUT2D eigenvalue weighted by Crippen LogP contribution is 1.93. The van der Waals surface area contributed by atoms with E-state index in [4.69, 9.17) is 6.42 Å². The van der Waals surface area contributed by atoms with Crippen LogP contribution < -0.4 is 11.2 Å². The van der Waals surface area contributed by atoms with Crippen molar-refractivity contribution in [1.82, 2.24) is 14.9 Å². The molecule has 0 unspecified atom stereocenters. The van der Waals surface area contributed by atoms with Gasteiger partial charge in [0.15, 0.2) is 0 Å². The first-order valence-electron chi connectivity index (χ1n) is 4.07. The number of terminal acetylenes is 1. The monoisotopic (exact) mass is 207 g/mol. The molecule has 2 N–H and O–H groups in total. The van der Waals surface area contributed by atoms with Gasteiger partial charge in [-0.15, -0.1) is 6.42 Å². The Morgan fingerprint density at radius 2 is 2.20 bits per heavy atom. The van der Waals surface area contributed by atoms with Crippen molar-refractivity contribution in [3.8, 4) is 12.3 Å². The molecule has 0 radical (unpaired) electrons. The molecule has 0 aliphatic carbocycles. The van der Waals surface area contributed by atoms with E-state index >= 15 is 0 Å². The van der Waals surface area contributed by atoms with Crippen molar-refractivity contribution >= 4 is 5.91 Å². The van der Waals surface area contributed by atoms with E-state index < -0.39 is 17.2 Å². The Morgan fingerprint density at radius 3 is 2.73 bits per heavy atom. The average molecular weight is 207 g/mol. The van der Waals surface area contributed by atoms with E-state index in [9.17, 15) is 14.4 Å². The van der Waals surface area contributed by atoms with E-state index in [-0.39, 0.29) is 12.2 Å². The van der Waals surface area contributed by atoms with Crippen molar-refractivity contribution in [1.29, 1.82) is 0 Å². The lowest BCUT2D eigenvalue weighted by atomic mass is 10.3. The van der Waals surface area contributed by atoms with Gasteiger partial charge in [-0.25, -0.2) is 4.79 Å². The number of rotatable bonds is 2. The maximum absolute atomic E-state index is 11.5. The maximum Gasteiger partial charge on any atom is 0.326 e. The van der Waals surface area contributed by atoms with Crippen molar-refractivity contribution in [2.45, 2.75) is 0 Å². The highest BCUT2D eigenvalue weighted by atomic mass is 16.2. The van der Waals surface area contributed by atoms with Crippen LogP contribution >= 0.6 is 0 Å². The number of aromatic nitrogens is 2. The Bertz CT molecular complexity index is 492. The minimum Gasteiger partial charge on any atom is -0.329 e. The first-order chi connectivity index (χ1) is 7.04. The van der Waals surface area contributed by atoms with E-state index in [1.165, 1.54) is 11.9 Å². The number of carbonyl (C=O) groups excluding carboxylic acids is 1. The molecule has 0 saturated carbocycles. The highest BCUT2D eigenvalue weighted by molar-refractivity contribution is 5.92. The molecule has 6 heteroatoms. The lowest BCUT2D eigenvalue weighted by Crippen LogP contribution is -2.32. The topological polar surface area (TPSA) is 86.0 Å². The standard InChI is InChI=1S/C9H9N3O3/c1-3-4-12(2)8(14)6-5-7(13)11-9(15)10-6/h1,5H,4H2,2H3,(H2,10,11,13,15). The zero-order valence-corrected chi connectivity index (χ0v) is 8.03. The van der Waals surface area contributed by atoms with Gasteiger partial charge in [-0.3, -0.25) is 14.6 Å². The average Bonchev–Trinajstić information content (AvgIpc) is 2.15. The number of hydrogen-bond acceptors (Lipinski definition) is 3. The van der Waals surface area contributed by atoms with E-state index in [0.717, 1.165) is 6.07 Å². The predicted molar refractivity (Wildman–Crippen MR) is 53.5 cm³/mol. The summed E-state index contributed by atoms with van der Waals surface area (Å²) in [5, 5.41) is 0. The van der Waals surface area contributed by atoms with E-state index in [2.05, 4.69) is 10.9 Å². The van der Waals surface area contributed by atoms with E-state index in [0.29, 0.717) is 0 Å². The van der Waals surface area contributed by atoms with Crippen LogP contribution in [0.15, 0.2) is 15.7 Å². The molecule has 1 aromatic heterocycles. The molecule has 1 amide bonds. The van der Waals surface area contributed by atoms with Gasteiger partial charge in [0.1, 0.15) is 5.69 Å². The molecule has 0 aromatic carbocycles. The minimum atomic E-state index is -0.722. The van der Waals surface area contributed by atoms with Crippen LogP contribution in [0.2, 0.25) is 0 Å². The summed E-state index contributed by atoms with van der Waals surface area (Å²) in [4.78, 5) is 38.7. The molecule has 6 nitrogen and oxygen atoms in total. The zero-order chi connectivity index (χ0) is 11.4. The van der Waals surface area contributed by atoms with Gasteiger partial charge in [0.25, 0.3) is 11.5 Å². The fourth-order valence-corrected chi connectivity index (χ4v) is 0.998. The SMILES string of the molecule is C#CCN(C)C(=O)c1cc(=O)[nH]c(=O)[nH]1. The summed E-state index contributed by atoms with van der Waals surface area (Å²) in [6.45, 7) is 0.105. The smallest absolute Gasteiger partial charge is 0.326 e. The third-order valence-corrected chi connectivity index (χ3v) is 1.67. The van der Waals surface area contributed by atoms with Gasteiger partial charge >= 0.3 is 5.69 Å². The second-order valence-corrected chi connectivity index (χ2v) is 2.87.